The SMILES string of the molecule is CNc1cccc(CN2C(=O)c3ccccc3S2(=O)=O)n1. The highest BCUT2D eigenvalue weighted by Gasteiger charge is 2.40. The summed E-state index contributed by atoms with van der Waals surface area (Å²) in [5, 5.41) is 2.88. The Morgan fingerprint density at radius 2 is 1.90 bits per heavy atom. The molecule has 108 valence electrons. The number of nitrogens with zero attached hydrogens (tertiary/aromatic N) is 2. The van der Waals surface area contributed by atoms with Crippen LogP contribution in [0.15, 0.2) is 47.4 Å². The summed E-state index contributed by atoms with van der Waals surface area (Å²) in [4.78, 5) is 16.6. The van der Waals surface area contributed by atoms with E-state index in [-0.39, 0.29) is 17.0 Å². The highest BCUT2D eigenvalue weighted by molar-refractivity contribution is 7.90. The van der Waals surface area contributed by atoms with Gasteiger partial charge in [0, 0.05) is 7.05 Å². The lowest BCUT2D eigenvalue weighted by Gasteiger charge is -2.14. The van der Waals surface area contributed by atoms with E-state index < -0.39 is 15.9 Å². The molecule has 7 heteroatoms. The van der Waals surface area contributed by atoms with E-state index in [2.05, 4.69) is 10.3 Å². The smallest absolute Gasteiger partial charge is 0.269 e. The number of amides is 1. The number of carbonyl (C=O) groups is 1. The number of carbonyl (C=O) groups excluding carboxylic acids is 1. The molecule has 0 bridgehead atoms. The Morgan fingerprint density at radius 1 is 1.14 bits per heavy atom. The van der Waals surface area contributed by atoms with Crippen molar-refractivity contribution in [2.45, 2.75) is 11.4 Å². The summed E-state index contributed by atoms with van der Waals surface area (Å²) in [5.74, 6) is 0.108. The van der Waals surface area contributed by atoms with Gasteiger partial charge in [-0.3, -0.25) is 4.79 Å². The van der Waals surface area contributed by atoms with Crippen LogP contribution in [0.4, 0.5) is 5.82 Å². The van der Waals surface area contributed by atoms with E-state index in [0.717, 1.165) is 4.31 Å². The molecule has 1 aromatic carbocycles. The highest BCUT2D eigenvalue weighted by Crippen LogP contribution is 2.31. The Hall–Kier alpha value is -2.41. The van der Waals surface area contributed by atoms with Crippen molar-refractivity contribution in [3.63, 3.8) is 0 Å². The Balaban J connectivity index is 1.99. The van der Waals surface area contributed by atoms with Gasteiger partial charge in [-0.25, -0.2) is 17.7 Å². The lowest BCUT2D eigenvalue weighted by Crippen LogP contribution is -2.29. The fourth-order valence-electron chi connectivity index (χ4n) is 2.24. The minimum absolute atomic E-state index is 0.0553. The van der Waals surface area contributed by atoms with Gasteiger partial charge in [0.25, 0.3) is 15.9 Å². The average molecular weight is 303 g/mol. The monoisotopic (exact) mass is 303 g/mol. The van der Waals surface area contributed by atoms with Crippen LogP contribution in [0.3, 0.4) is 0 Å². The second-order valence-corrected chi connectivity index (χ2v) is 6.41. The first-order valence-corrected chi connectivity index (χ1v) is 7.78. The molecule has 6 nitrogen and oxygen atoms in total. The quantitative estimate of drug-likeness (QED) is 0.929. The summed E-state index contributed by atoms with van der Waals surface area (Å²) in [5.41, 5.74) is 0.717. The predicted molar refractivity (Wildman–Crippen MR) is 77.3 cm³/mol. The third-order valence-corrected chi connectivity index (χ3v) is 5.07. The maximum absolute atomic E-state index is 12.4. The van der Waals surface area contributed by atoms with E-state index in [4.69, 9.17) is 0 Å². The fraction of sp³-hybridized carbons (Fsp3) is 0.143. The third-order valence-electron chi connectivity index (χ3n) is 3.28. The largest absolute Gasteiger partial charge is 0.373 e. The summed E-state index contributed by atoms with van der Waals surface area (Å²) in [7, 11) is -2.07. The minimum Gasteiger partial charge on any atom is -0.373 e. The molecule has 2 heterocycles. The first kappa shape index (κ1) is 13.6. The van der Waals surface area contributed by atoms with Gasteiger partial charge in [0.15, 0.2) is 0 Å². The topological polar surface area (TPSA) is 79.4 Å². The third kappa shape index (κ3) is 2.15. The molecule has 2 aromatic rings. The molecule has 1 N–H and O–H groups in total. The number of aromatic nitrogens is 1. The number of nitrogens with one attached hydrogen (secondary N) is 1. The summed E-state index contributed by atoms with van der Waals surface area (Å²) >= 11 is 0. The van der Waals surface area contributed by atoms with E-state index in [0.29, 0.717) is 11.5 Å². The van der Waals surface area contributed by atoms with Gasteiger partial charge in [0.05, 0.1) is 17.8 Å². The van der Waals surface area contributed by atoms with Gasteiger partial charge >= 0.3 is 0 Å². The van der Waals surface area contributed by atoms with E-state index in [1.165, 1.54) is 12.1 Å². The number of hydrogen-bond acceptors (Lipinski definition) is 5. The second kappa shape index (κ2) is 4.85. The average Bonchev–Trinajstić information content (AvgIpc) is 2.69. The van der Waals surface area contributed by atoms with Crippen LogP contribution in [0.25, 0.3) is 0 Å². The van der Waals surface area contributed by atoms with Gasteiger partial charge in [-0.05, 0) is 24.3 Å². The Bertz CT molecular complexity index is 818. The molecule has 0 atom stereocenters. The molecule has 1 aliphatic rings. The number of sulfonamides is 1. The molecule has 0 aliphatic carbocycles. The number of fused-ring (bicyclic) bond motifs is 1. The van der Waals surface area contributed by atoms with Crippen molar-refractivity contribution in [1.29, 1.82) is 0 Å². The lowest BCUT2D eigenvalue weighted by molar-refractivity contribution is 0.0864. The number of anilines is 1. The van der Waals surface area contributed by atoms with E-state index >= 15 is 0 Å². The normalized spacial score (nSPS) is 15.9. The number of hydrogen-bond donors (Lipinski definition) is 1. The summed E-state index contributed by atoms with van der Waals surface area (Å²) in [6.07, 6.45) is 0. The van der Waals surface area contributed by atoms with Gasteiger partial charge in [0.2, 0.25) is 0 Å². The maximum Gasteiger partial charge on any atom is 0.269 e. The van der Waals surface area contributed by atoms with Crippen LogP contribution >= 0.6 is 0 Å². The predicted octanol–water partition coefficient (Wildman–Crippen LogP) is 1.47. The Morgan fingerprint density at radius 3 is 2.62 bits per heavy atom. The van der Waals surface area contributed by atoms with Crippen LogP contribution in [-0.4, -0.2) is 30.7 Å². The zero-order valence-electron chi connectivity index (χ0n) is 11.3. The van der Waals surface area contributed by atoms with Crippen LogP contribution in [0.1, 0.15) is 16.1 Å². The fourth-order valence-corrected chi connectivity index (χ4v) is 3.78. The molecule has 0 saturated carbocycles. The summed E-state index contributed by atoms with van der Waals surface area (Å²) in [6, 6.07) is 11.4. The van der Waals surface area contributed by atoms with Crippen molar-refractivity contribution in [2.75, 3.05) is 12.4 Å². The molecule has 1 aliphatic heterocycles. The zero-order chi connectivity index (χ0) is 15.0. The molecule has 21 heavy (non-hydrogen) atoms. The molecule has 0 fully saturated rings. The first-order chi connectivity index (χ1) is 10.0. The molecule has 3 rings (SSSR count). The van der Waals surface area contributed by atoms with Crippen molar-refractivity contribution >= 4 is 21.7 Å². The first-order valence-electron chi connectivity index (χ1n) is 6.34. The molecule has 1 amide bonds. The van der Waals surface area contributed by atoms with Gasteiger partial charge in [-0.1, -0.05) is 18.2 Å². The van der Waals surface area contributed by atoms with E-state index in [1.807, 2.05) is 0 Å². The lowest BCUT2D eigenvalue weighted by atomic mass is 10.2. The summed E-state index contributed by atoms with van der Waals surface area (Å²) in [6.45, 7) is -0.0780. The molecular formula is C14H13N3O3S. The van der Waals surface area contributed by atoms with Crippen molar-refractivity contribution in [1.82, 2.24) is 9.29 Å². The van der Waals surface area contributed by atoms with Crippen LogP contribution in [-0.2, 0) is 16.6 Å². The van der Waals surface area contributed by atoms with Gasteiger partial charge in [0.1, 0.15) is 10.7 Å². The standard InChI is InChI=1S/C14H13N3O3S/c1-15-13-8-4-5-10(16-13)9-17-14(18)11-6-2-3-7-12(11)21(17,19)20/h2-8H,9H2,1H3,(H,15,16). The molecule has 0 saturated heterocycles. The Kier molecular flexibility index (Phi) is 3.13. The summed E-state index contributed by atoms with van der Waals surface area (Å²) < 4.78 is 25.7. The maximum atomic E-state index is 12.4. The molecule has 1 aromatic heterocycles. The van der Waals surface area contributed by atoms with Gasteiger partial charge in [-0.2, -0.15) is 0 Å². The molecular weight excluding hydrogens is 290 g/mol. The molecule has 0 unspecified atom stereocenters. The van der Waals surface area contributed by atoms with E-state index in [1.54, 1.807) is 37.4 Å². The van der Waals surface area contributed by atoms with Crippen LogP contribution < -0.4 is 5.32 Å². The van der Waals surface area contributed by atoms with Crippen molar-refractivity contribution in [2.24, 2.45) is 0 Å². The number of benzene rings is 1. The van der Waals surface area contributed by atoms with Gasteiger partial charge in [-0.15, -0.1) is 0 Å². The van der Waals surface area contributed by atoms with Crippen LogP contribution in [0.2, 0.25) is 0 Å². The van der Waals surface area contributed by atoms with Gasteiger partial charge < -0.3 is 5.32 Å². The molecule has 0 spiro atoms. The van der Waals surface area contributed by atoms with Crippen molar-refractivity contribution in [3.8, 4) is 0 Å². The second-order valence-electron chi connectivity index (χ2n) is 4.58. The molecule has 0 radical (unpaired) electrons. The van der Waals surface area contributed by atoms with Crippen molar-refractivity contribution < 1.29 is 13.2 Å². The minimum atomic E-state index is -3.79. The van der Waals surface area contributed by atoms with Crippen molar-refractivity contribution in [3.05, 3.63) is 53.7 Å². The highest BCUT2D eigenvalue weighted by atomic mass is 32.2. The number of pyridine rings is 1. The van der Waals surface area contributed by atoms with Crippen LogP contribution in [0, 0.1) is 0 Å². The van der Waals surface area contributed by atoms with Crippen LogP contribution in [0.5, 0.6) is 0 Å². The number of rotatable bonds is 3. The zero-order valence-corrected chi connectivity index (χ0v) is 12.1. The Labute approximate surface area is 122 Å². The van der Waals surface area contributed by atoms with E-state index in [9.17, 15) is 13.2 Å².